The average Bonchev–Trinajstić information content (AvgIpc) is 3.08. The topological polar surface area (TPSA) is 96.5 Å². The van der Waals surface area contributed by atoms with Crippen LogP contribution in [-0.4, -0.2) is 25.5 Å². The molecule has 154 valence electrons. The van der Waals surface area contributed by atoms with Gasteiger partial charge in [-0.3, -0.25) is 4.79 Å². The monoisotopic (exact) mass is 410 g/mol. The first-order chi connectivity index (χ1) is 15.0. The Morgan fingerprint density at radius 3 is 2.48 bits per heavy atom. The third-order valence-electron chi connectivity index (χ3n) is 6.01. The summed E-state index contributed by atoms with van der Waals surface area (Å²) in [7, 11) is 0. The van der Waals surface area contributed by atoms with Crippen LogP contribution in [0.1, 0.15) is 52.5 Å². The molecular weight excluding hydrogens is 388 g/mol. The SMILES string of the molecule is Cc1cc(C)nc(-n2nc(C)c3c2NC2=CCCC(=O)[C@H]2[C@@H]3c2ccc(C#N)cc2)n1. The van der Waals surface area contributed by atoms with Crippen molar-refractivity contribution in [2.24, 2.45) is 5.92 Å². The van der Waals surface area contributed by atoms with E-state index < -0.39 is 0 Å². The predicted octanol–water partition coefficient (Wildman–Crippen LogP) is 3.88. The number of rotatable bonds is 2. The maximum absolute atomic E-state index is 13.0. The fourth-order valence-electron chi connectivity index (χ4n) is 4.73. The Morgan fingerprint density at radius 1 is 1.10 bits per heavy atom. The van der Waals surface area contributed by atoms with Gasteiger partial charge < -0.3 is 5.32 Å². The van der Waals surface area contributed by atoms with Gasteiger partial charge in [0.25, 0.3) is 5.95 Å². The van der Waals surface area contributed by atoms with E-state index >= 15 is 0 Å². The first-order valence-electron chi connectivity index (χ1n) is 10.4. The summed E-state index contributed by atoms with van der Waals surface area (Å²) in [6.45, 7) is 5.83. The Morgan fingerprint density at radius 2 is 1.81 bits per heavy atom. The Bertz CT molecular complexity index is 1260. The summed E-state index contributed by atoms with van der Waals surface area (Å²) in [4.78, 5) is 22.2. The molecule has 3 heterocycles. The van der Waals surface area contributed by atoms with Crippen LogP contribution < -0.4 is 5.32 Å². The van der Waals surface area contributed by atoms with Gasteiger partial charge in [-0.25, -0.2) is 9.97 Å². The lowest BCUT2D eigenvalue weighted by Gasteiger charge is -2.36. The van der Waals surface area contributed by atoms with Crippen LogP contribution in [-0.2, 0) is 4.79 Å². The van der Waals surface area contributed by atoms with E-state index in [2.05, 4.69) is 27.4 Å². The molecule has 0 amide bonds. The van der Waals surface area contributed by atoms with Gasteiger partial charge in [-0.2, -0.15) is 15.0 Å². The predicted molar refractivity (Wildman–Crippen MR) is 116 cm³/mol. The number of allylic oxidation sites excluding steroid dienone is 2. The number of aryl methyl sites for hydroxylation is 3. The number of anilines is 1. The van der Waals surface area contributed by atoms with Crippen molar-refractivity contribution in [3.05, 3.63) is 75.9 Å². The van der Waals surface area contributed by atoms with E-state index in [1.807, 2.05) is 39.0 Å². The van der Waals surface area contributed by atoms with Crippen molar-refractivity contribution in [1.82, 2.24) is 19.7 Å². The third-order valence-corrected chi connectivity index (χ3v) is 6.01. The molecule has 0 saturated heterocycles. The summed E-state index contributed by atoms with van der Waals surface area (Å²) in [6.07, 6.45) is 3.37. The third kappa shape index (κ3) is 3.12. The number of hydrogen-bond donors (Lipinski definition) is 1. The van der Waals surface area contributed by atoms with Gasteiger partial charge in [0.2, 0.25) is 0 Å². The van der Waals surface area contributed by atoms with Crippen LogP contribution in [0.15, 0.2) is 42.1 Å². The zero-order chi connectivity index (χ0) is 21.7. The van der Waals surface area contributed by atoms with Gasteiger partial charge in [-0.05, 0) is 51.0 Å². The highest BCUT2D eigenvalue weighted by molar-refractivity contribution is 5.89. The fourth-order valence-corrected chi connectivity index (χ4v) is 4.73. The Labute approximate surface area is 180 Å². The van der Waals surface area contributed by atoms with E-state index in [1.54, 1.807) is 16.8 Å². The fraction of sp³-hybridized carbons (Fsp3) is 0.292. The zero-order valence-corrected chi connectivity index (χ0v) is 17.7. The van der Waals surface area contributed by atoms with Gasteiger partial charge in [0.15, 0.2) is 0 Å². The Kier molecular flexibility index (Phi) is 4.44. The van der Waals surface area contributed by atoms with Gasteiger partial charge in [0, 0.05) is 35.0 Å². The number of Topliss-reactive ketones (excluding diaryl/α,β-unsaturated/α-hetero) is 1. The molecule has 5 rings (SSSR count). The first kappa shape index (κ1) is 19.2. The number of nitriles is 1. The molecule has 0 spiro atoms. The maximum Gasteiger partial charge on any atom is 0.252 e. The molecule has 1 aliphatic heterocycles. The van der Waals surface area contributed by atoms with E-state index in [1.165, 1.54) is 0 Å². The van der Waals surface area contributed by atoms with Crippen molar-refractivity contribution < 1.29 is 4.79 Å². The highest BCUT2D eigenvalue weighted by Gasteiger charge is 2.43. The molecule has 0 saturated carbocycles. The highest BCUT2D eigenvalue weighted by Crippen LogP contribution is 2.48. The second-order valence-corrected chi connectivity index (χ2v) is 8.19. The van der Waals surface area contributed by atoms with E-state index in [-0.39, 0.29) is 17.6 Å². The molecule has 2 aliphatic rings. The number of nitrogens with one attached hydrogen (secondary N) is 1. The first-order valence-corrected chi connectivity index (χ1v) is 10.4. The number of ketones is 1. The second-order valence-electron chi connectivity index (χ2n) is 8.19. The molecule has 1 N–H and O–H groups in total. The van der Waals surface area contributed by atoms with Crippen LogP contribution in [0.4, 0.5) is 5.82 Å². The molecular formula is C24H22N6O. The van der Waals surface area contributed by atoms with Crippen LogP contribution in [0.5, 0.6) is 0 Å². The van der Waals surface area contributed by atoms with Gasteiger partial charge in [-0.15, -0.1) is 0 Å². The number of carbonyl (C=O) groups excluding carboxylic acids is 1. The molecule has 1 aliphatic carbocycles. The number of carbonyl (C=O) groups is 1. The van der Waals surface area contributed by atoms with Crippen molar-refractivity contribution >= 4 is 11.6 Å². The number of hydrogen-bond acceptors (Lipinski definition) is 6. The molecule has 7 nitrogen and oxygen atoms in total. The molecule has 3 aromatic rings. The summed E-state index contributed by atoms with van der Waals surface area (Å²) < 4.78 is 1.75. The van der Waals surface area contributed by atoms with E-state index in [0.29, 0.717) is 17.9 Å². The minimum Gasteiger partial charge on any atom is -0.343 e. The van der Waals surface area contributed by atoms with Crippen molar-refractivity contribution in [2.75, 3.05) is 5.32 Å². The van der Waals surface area contributed by atoms with Gasteiger partial charge >= 0.3 is 0 Å². The molecule has 2 atom stereocenters. The van der Waals surface area contributed by atoms with Gasteiger partial charge in [-0.1, -0.05) is 18.2 Å². The average molecular weight is 410 g/mol. The lowest BCUT2D eigenvalue weighted by atomic mass is 9.71. The zero-order valence-electron chi connectivity index (χ0n) is 17.7. The van der Waals surface area contributed by atoms with Crippen molar-refractivity contribution in [2.45, 2.75) is 39.5 Å². The van der Waals surface area contributed by atoms with E-state index in [9.17, 15) is 10.1 Å². The molecule has 1 aromatic carbocycles. The number of fused-ring (bicyclic) bond motifs is 2. The van der Waals surface area contributed by atoms with E-state index in [0.717, 1.165) is 46.1 Å². The molecule has 0 bridgehead atoms. The van der Waals surface area contributed by atoms with Crippen molar-refractivity contribution in [3.63, 3.8) is 0 Å². The molecule has 2 aromatic heterocycles. The van der Waals surface area contributed by atoms with Crippen LogP contribution in [0.25, 0.3) is 5.95 Å². The van der Waals surface area contributed by atoms with Gasteiger partial charge in [0.1, 0.15) is 11.6 Å². The summed E-state index contributed by atoms with van der Waals surface area (Å²) >= 11 is 0. The standard InChI is InChI=1S/C24H22N6O/c1-13-11-14(2)27-24(26-13)30-23-20(15(3)29-30)21(17-9-7-16(12-25)8-10-17)22-18(28-23)5-4-6-19(22)31/h5,7-11,21-22,28H,4,6H2,1-3H3/t21-,22+/m1/s1. The molecule has 0 unspecified atom stereocenters. The number of benzene rings is 1. The molecule has 0 fully saturated rings. The van der Waals surface area contributed by atoms with E-state index in [4.69, 9.17) is 5.10 Å². The normalized spacial score (nSPS) is 19.7. The molecule has 31 heavy (non-hydrogen) atoms. The highest BCUT2D eigenvalue weighted by atomic mass is 16.1. The van der Waals surface area contributed by atoms with Gasteiger partial charge in [0.05, 0.1) is 23.2 Å². The summed E-state index contributed by atoms with van der Waals surface area (Å²) in [5, 5.41) is 17.5. The van der Waals surface area contributed by atoms with Crippen LogP contribution in [0, 0.1) is 38.0 Å². The minimum atomic E-state index is -0.286. The van der Waals surface area contributed by atoms with Crippen molar-refractivity contribution in [1.29, 1.82) is 5.26 Å². The smallest absolute Gasteiger partial charge is 0.252 e. The van der Waals surface area contributed by atoms with Crippen LogP contribution >= 0.6 is 0 Å². The molecule has 7 heteroatoms. The lowest BCUT2D eigenvalue weighted by molar-refractivity contribution is -0.122. The summed E-state index contributed by atoms with van der Waals surface area (Å²) in [5.41, 5.74) is 6.05. The number of nitrogens with zero attached hydrogens (tertiary/aromatic N) is 5. The summed E-state index contributed by atoms with van der Waals surface area (Å²) in [5.74, 6) is 1.07. The van der Waals surface area contributed by atoms with Crippen LogP contribution in [0.2, 0.25) is 0 Å². The second kappa shape index (κ2) is 7.17. The lowest BCUT2D eigenvalue weighted by Crippen LogP contribution is -2.35. The minimum absolute atomic E-state index is 0.178. The maximum atomic E-state index is 13.0. The Balaban J connectivity index is 1.74. The summed E-state index contributed by atoms with van der Waals surface area (Å²) in [6, 6.07) is 11.6. The largest absolute Gasteiger partial charge is 0.343 e. The quantitative estimate of drug-likeness (QED) is 0.689. The van der Waals surface area contributed by atoms with Crippen LogP contribution in [0.3, 0.4) is 0 Å². The Hall–Kier alpha value is -3.79. The van der Waals surface area contributed by atoms with Crippen molar-refractivity contribution in [3.8, 4) is 12.0 Å². The number of aromatic nitrogens is 4. The molecule has 0 radical (unpaired) electrons.